The highest BCUT2D eigenvalue weighted by atomic mass is 16.5. The van der Waals surface area contributed by atoms with Gasteiger partial charge in [0, 0.05) is 36.7 Å². The van der Waals surface area contributed by atoms with Gasteiger partial charge in [0.2, 0.25) is 0 Å². The summed E-state index contributed by atoms with van der Waals surface area (Å²) in [4.78, 5) is 41.6. The number of benzene rings is 1. The van der Waals surface area contributed by atoms with Crippen molar-refractivity contribution in [3.05, 3.63) is 59.9 Å². The van der Waals surface area contributed by atoms with E-state index in [2.05, 4.69) is 10.3 Å². The van der Waals surface area contributed by atoms with E-state index in [4.69, 9.17) is 4.74 Å². The quantitative estimate of drug-likeness (QED) is 0.770. The Morgan fingerprint density at radius 2 is 1.81 bits per heavy atom. The van der Waals surface area contributed by atoms with Crippen LogP contribution in [0.3, 0.4) is 0 Å². The number of amides is 2. The Labute approximate surface area is 152 Å². The second kappa shape index (κ2) is 9.31. The van der Waals surface area contributed by atoms with Crippen LogP contribution >= 0.6 is 0 Å². The predicted octanol–water partition coefficient (Wildman–Crippen LogP) is 2.36. The molecule has 0 bridgehead atoms. The minimum atomic E-state index is -0.626. The number of hydrogen-bond acceptors (Lipinski definition) is 5. The van der Waals surface area contributed by atoms with E-state index in [0.29, 0.717) is 24.3 Å². The van der Waals surface area contributed by atoms with Crippen molar-refractivity contribution in [2.24, 2.45) is 0 Å². The molecule has 1 N–H and O–H groups in total. The molecule has 26 heavy (non-hydrogen) atoms. The number of carbonyl (C=O) groups excluding carboxylic acids is 3. The van der Waals surface area contributed by atoms with Crippen molar-refractivity contribution in [2.75, 3.05) is 25.0 Å². The first-order valence-electron chi connectivity index (χ1n) is 8.31. The zero-order valence-corrected chi connectivity index (χ0v) is 14.8. The summed E-state index contributed by atoms with van der Waals surface area (Å²) in [6, 6.07) is 9.80. The van der Waals surface area contributed by atoms with Crippen LogP contribution in [-0.2, 0) is 9.53 Å². The molecule has 0 aliphatic carbocycles. The van der Waals surface area contributed by atoms with Crippen molar-refractivity contribution >= 4 is 23.5 Å². The highest BCUT2D eigenvalue weighted by Crippen LogP contribution is 2.13. The first-order chi connectivity index (χ1) is 12.5. The van der Waals surface area contributed by atoms with Crippen LogP contribution in [0.1, 0.15) is 34.6 Å². The van der Waals surface area contributed by atoms with Crippen molar-refractivity contribution in [1.29, 1.82) is 0 Å². The molecule has 0 saturated heterocycles. The van der Waals surface area contributed by atoms with Crippen LogP contribution in [0.4, 0.5) is 5.69 Å². The van der Waals surface area contributed by atoms with Crippen molar-refractivity contribution in [1.82, 2.24) is 9.88 Å². The van der Waals surface area contributed by atoms with E-state index in [1.807, 2.05) is 13.8 Å². The monoisotopic (exact) mass is 355 g/mol. The second-order valence-corrected chi connectivity index (χ2v) is 5.42. The Morgan fingerprint density at radius 1 is 1.08 bits per heavy atom. The number of rotatable bonds is 7. The molecule has 0 spiro atoms. The molecule has 1 heterocycles. The summed E-state index contributed by atoms with van der Waals surface area (Å²) in [5, 5.41) is 2.62. The zero-order valence-electron chi connectivity index (χ0n) is 14.8. The lowest BCUT2D eigenvalue weighted by Gasteiger charge is -2.19. The van der Waals surface area contributed by atoms with Crippen LogP contribution in [0.15, 0.2) is 48.8 Å². The van der Waals surface area contributed by atoms with Crippen LogP contribution in [-0.4, -0.2) is 47.4 Å². The molecule has 1 aromatic heterocycles. The van der Waals surface area contributed by atoms with Crippen molar-refractivity contribution < 1.29 is 19.1 Å². The van der Waals surface area contributed by atoms with Crippen LogP contribution in [0.25, 0.3) is 0 Å². The Kier molecular flexibility index (Phi) is 6.84. The van der Waals surface area contributed by atoms with E-state index in [9.17, 15) is 14.4 Å². The molecule has 0 fully saturated rings. The fourth-order valence-corrected chi connectivity index (χ4v) is 2.32. The molecule has 0 aliphatic heterocycles. The molecule has 0 atom stereocenters. The molecule has 1 aromatic carbocycles. The van der Waals surface area contributed by atoms with Gasteiger partial charge in [-0.1, -0.05) is 6.07 Å². The molecule has 2 aromatic rings. The Hall–Kier alpha value is -3.22. The van der Waals surface area contributed by atoms with Gasteiger partial charge in [0.25, 0.3) is 11.8 Å². The first kappa shape index (κ1) is 19.1. The number of carbonyl (C=O) groups is 3. The van der Waals surface area contributed by atoms with E-state index >= 15 is 0 Å². The maximum atomic E-state index is 12.4. The first-order valence-corrected chi connectivity index (χ1v) is 8.31. The van der Waals surface area contributed by atoms with Gasteiger partial charge < -0.3 is 15.0 Å². The summed E-state index contributed by atoms with van der Waals surface area (Å²) in [6.07, 6.45) is 2.90. The van der Waals surface area contributed by atoms with Gasteiger partial charge in [0.05, 0.1) is 5.56 Å². The number of nitrogens with one attached hydrogen (secondary N) is 1. The van der Waals surface area contributed by atoms with Gasteiger partial charge in [0.15, 0.2) is 6.61 Å². The number of esters is 1. The van der Waals surface area contributed by atoms with Crippen LogP contribution in [0.2, 0.25) is 0 Å². The molecule has 7 heteroatoms. The SMILES string of the molecule is CCN(CC)C(=O)c1cccc(NC(=O)COC(=O)c2cccnc2)c1. The molecule has 0 radical (unpaired) electrons. The third kappa shape index (κ3) is 5.14. The minimum Gasteiger partial charge on any atom is -0.452 e. The Bertz CT molecular complexity index is 773. The van der Waals surface area contributed by atoms with Crippen molar-refractivity contribution in [3.63, 3.8) is 0 Å². The lowest BCUT2D eigenvalue weighted by molar-refractivity contribution is -0.119. The van der Waals surface area contributed by atoms with E-state index in [1.165, 1.54) is 12.4 Å². The summed E-state index contributed by atoms with van der Waals surface area (Å²) < 4.78 is 4.95. The Balaban J connectivity index is 1.94. The third-order valence-electron chi connectivity index (χ3n) is 3.68. The largest absolute Gasteiger partial charge is 0.452 e. The highest BCUT2D eigenvalue weighted by molar-refractivity contribution is 5.98. The molecule has 136 valence electrons. The smallest absolute Gasteiger partial charge is 0.340 e. The molecule has 2 rings (SSSR count). The fraction of sp³-hybridized carbons (Fsp3) is 0.263. The standard InChI is InChI=1S/C19H21N3O4/c1-3-22(4-2)18(24)14-7-5-9-16(11-14)21-17(23)13-26-19(25)15-8-6-10-20-12-15/h5-12H,3-4,13H2,1-2H3,(H,21,23). The van der Waals surface area contributed by atoms with Gasteiger partial charge in [-0.2, -0.15) is 0 Å². The van der Waals surface area contributed by atoms with Crippen LogP contribution < -0.4 is 5.32 Å². The maximum Gasteiger partial charge on any atom is 0.340 e. The van der Waals surface area contributed by atoms with Crippen LogP contribution in [0.5, 0.6) is 0 Å². The predicted molar refractivity (Wildman–Crippen MR) is 96.8 cm³/mol. The van der Waals surface area contributed by atoms with Gasteiger partial charge >= 0.3 is 5.97 Å². The number of pyridine rings is 1. The summed E-state index contributed by atoms with van der Waals surface area (Å²) in [5.41, 5.74) is 1.22. The Morgan fingerprint density at radius 3 is 2.46 bits per heavy atom. The number of ether oxygens (including phenoxy) is 1. The second-order valence-electron chi connectivity index (χ2n) is 5.42. The van der Waals surface area contributed by atoms with E-state index in [-0.39, 0.29) is 11.5 Å². The van der Waals surface area contributed by atoms with E-state index in [1.54, 1.807) is 41.3 Å². The normalized spacial score (nSPS) is 10.1. The number of aromatic nitrogens is 1. The van der Waals surface area contributed by atoms with Crippen molar-refractivity contribution in [2.45, 2.75) is 13.8 Å². The lowest BCUT2D eigenvalue weighted by Crippen LogP contribution is -2.30. The number of anilines is 1. The summed E-state index contributed by atoms with van der Waals surface area (Å²) >= 11 is 0. The third-order valence-corrected chi connectivity index (χ3v) is 3.68. The fourth-order valence-electron chi connectivity index (χ4n) is 2.32. The van der Waals surface area contributed by atoms with E-state index in [0.717, 1.165) is 0 Å². The highest BCUT2D eigenvalue weighted by Gasteiger charge is 2.14. The molecular weight excluding hydrogens is 334 g/mol. The van der Waals surface area contributed by atoms with Gasteiger partial charge in [-0.15, -0.1) is 0 Å². The average molecular weight is 355 g/mol. The van der Waals surface area contributed by atoms with E-state index < -0.39 is 18.5 Å². The number of nitrogens with zero attached hydrogens (tertiary/aromatic N) is 2. The molecule has 0 aliphatic rings. The summed E-state index contributed by atoms with van der Waals surface area (Å²) in [7, 11) is 0. The zero-order chi connectivity index (χ0) is 18.9. The molecular formula is C19H21N3O4. The number of hydrogen-bond donors (Lipinski definition) is 1. The molecule has 0 unspecified atom stereocenters. The minimum absolute atomic E-state index is 0.103. The lowest BCUT2D eigenvalue weighted by atomic mass is 10.1. The van der Waals surface area contributed by atoms with Gasteiger partial charge in [-0.05, 0) is 44.2 Å². The summed E-state index contributed by atoms with van der Waals surface area (Å²) in [5.74, 6) is -1.22. The van der Waals surface area contributed by atoms with Gasteiger partial charge in [-0.25, -0.2) is 4.79 Å². The van der Waals surface area contributed by atoms with Crippen LogP contribution in [0, 0.1) is 0 Å². The topological polar surface area (TPSA) is 88.6 Å². The molecule has 0 saturated carbocycles. The summed E-state index contributed by atoms with van der Waals surface area (Å²) in [6.45, 7) is 4.60. The van der Waals surface area contributed by atoms with Gasteiger partial charge in [0.1, 0.15) is 0 Å². The molecule has 2 amide bonds. The maximum absolute atomic E-state index is 12.4. The van der Waals surface area contributed by atoms with Crippen molar-refractivity contribution in [3.8, 4) is 0 Å². The average Bonchev–Trinajstić information content (AvgIpc) is 2.68. The molecule has 7 nitrogen and oxygen atoms in total. The van der Waals surface area contributed by atoms with Gasteiger partial charge in [-0.3, -0.25) is 14.6 Å².